The Morgan fingerprint density at radius 2 is 1.54 bits per heavy atom. The highest BCUT2D eigenvalue weighted by Crippen LogP contribution is 2.40. The molecule has 0 aliphatic carbocycles. The SMILES string of the molecule is CCCCCOc1ccc(/C(O)=C2\C(=O)C(=O)N(Cc3ccc(C(=O)OCC)cc3)C2c2ccccc2)cc1. The molecule has 1 unspecified atom stereocenters. The van der Waals surface area contributed by atoms with E-state index < -0.39 is 23.7 Å². The van der Waals surface area contributed by atoms with Crippen LogP contribution in [0.3, 0.4) is 0 Å². The van der Waals surface area contributed by atoms with Crippen molar-refractivity contribution >= 4 is 23.4 Å². The molecule has 7 nitrogen and oxygen atoms in total. The topological polar surface area (TPSA) is 93.1 Å². The van der Waals surface area contributed by atoms with Gasteiger partial charge in [0.15, 0.2) is 0 Å². The number of nitrogens with zero attached hydrogens (tertiary/aromatic N) is 1. The van der Waals surface area contributed by atoms with E-state index in [-0.39, 0.29) is 24.5 Å². The second kappa shape index (κ2) is 12.9. The molecule has 1 N–H and O–H groups in total. The summed E-state index contributed by atoms with van der Waals surface area (Å²) in [5.41, 5.74) is 2.30. The zero-order valence-corrected chi connectivity index (χ0v) is 22.3. The lowest BCUT2D eigenvalue weighted by Gasteiger charge is -2.25. The van der Waals surface area contributed by atoms with E-state index in [1.54, 1.807) is 55.5 Å². The Hall–Kier alpha value is -4.39. The molecule has 0 bridgehead atoms. The number of esters is 1. The molecule has 1 aliphatic rings. The van der Waals surface area contributed by atoms with Crippen molar-refractivity contribution in [2.75, 3.05) is 13.2 Å². The van der Waals surface area contributed by atoms with Crippen molar-refractivity contribution in [3.63, 3.8) is 0 Å². The Morgan fingerprint density at radius 3 is 2.18 bits per heavy atom. The van der Waals surface area contributed by atoms with E-state index in [9.17, 15) is 19.5 Å². The first-order valence-electron chi connectivity index (χ1n) is 13.3. The third-order valence-corrected chi connectivity index (χ3v) is 6.62. The van der Waals surface area contributed by atoms with Crippen molar-refractivity contribution < 1.29 is 29.0 Å². The molecule has 1 atom stereocenters. The van der Waals surface area contributed by atoms with E-state index in [0.717, 1.165) is 24.8 Å². The quantitative estimate of drug-likeness (QED) is 0.107. The number of benzene rings is 3. The average Bonchev–Trinajstić information content (AvgIpc) is 3.21. The second-order valence-corrected chi connectivity index (χ2v) is 9.34. The van der Waals surface area contributed by atoms with Crippen LogP contribution in [0.15, 0.2) is 84.4 Å². The standard InChI is InChI=1S/C32H33NO6/c1-3-5-9-20-39-26-18-16-24(17-19-26)29(34)27-28(23-10-7-6-8-11-23)33(31(36)30(27)35)21-22-12-14-25(15-13-22)32(37)38-4-2/h6-8,10-19,28,34H,3-5,9,20-21H2,1-2H3/b29-27+. The highest BCUT2D eigenvalue weighted by molar-refractivity contribution is 6.46. The van der Waals surface area contributed by atoms with Gasteiger partial charge in [-0.3, -0.25) is 9.59 Å². The van der Waals surface area contributed by atoms with Gasteiger partial charge >= 0.3 is 5.97 Å². The normalized spacial score (nSPS) is 16.4. The highest BCUT2D eigenvalue weighted by atomic mass is 16.5. The first-order valence-corrected chi connectivity index (χ1v) is 13.3. The molecule has 0 saturated carbocycles. The number of ketones is 1. The summed E-state index contributed by atoms with van der Waals surface area (Å²) in [6, 6.07) is 22.0. The summed E-state index contributed by atoms with van der Waals surface area (Å²) >= 11 is 0. The number of Topliss-reactive ketones (excluding diaryl/α,β-unsaturated/α-hetero) is 1. The molecular weight excluding hydrogens is 494 g/mol. The van der Waals surface area contributed by atoms with E-state index in [4.69, 9.17) is 9.47 Å². The van der Waals surface area contributed by atoms with Crippen LogP contribution in [0, 0.1) is 0 Å². The van der Waals surface area contributed by atoms with Crippen LogP contribution in [0.5, 0.6) is 5.75 Å². The van der Waals surface area contributed by atoms with Gasteiger partial charge in [0, 0.05) is 12.1 Å². The first kappa shape index (κ1) is 27.6. The fraction of sp³-hybridized carbons (Fsp3) is 0.281. The Kier molecular flexibility index (Phi) is 9.15. The molecule has 202 valence electrons. The van der Waals surface area contributed by atoms with Gasteiger partial charge in [-0.25, -0.2) is 4.79 Å². The highest BCUT2D eigenvalue weighted by Gasteiger charge is 2.46. The van der Waals surface area contributed by atoms with Crippen LogP contribution < -0.4 is 4.74 Å². The summed E-state index contributed by atoms with van der Waals surface area (Å²) in [4.78, 5) is 40.0. The number of carbonyl (C=O) groups excluding carboxylic acids is 3. The number of aliphatic hydroxyl groups is 1. The summed E-state index contributed by atoms with van der Waals surface area (Å²) in [5.74, 6) is -1.43. The van der Waals surface area contributed by atoms with Crippen LogP contribution in [0.4, 0.5) is 0 Å². The maximum absolute atomic E-state index is 13.3. The maximum Gasteiger partial charge on any atom is 0.338 e. The maximum atomic E-state index is 13.3. The minimum absolute atomic E-state index is 0.0333. The van der Waals surface area contributed by atoms with Gasteiger partial charge in [0.1, 0.15) is 11.5 Å². The fourth-order valence-electron chi connectivity index (χ4n) is 4.59. The van der Waals surface area contributed by atoms with Crippen LogP contribution >= 0.6 is 0 Å². The Morgan fingerprint density at radius 1 is 0.872 bits per heavy atom. The second-order valence-electron chi connectivity index (χ2n) is 9.34. The number of aliphatic hydroxyl groups excluding tert-OH is 1. The van der Waals surface area contributed by atoms with Gasteiger partial charge in [0.25, 0.3) is 11.7 Å². The number of rotatable bonds is 11. The monoisotopic (exact) mass is 527 g/mol. The van der Waals surface area contributed by atoms with Gasteiger partial charge in [0.05, 0.1) is 30.4 Å². The third kappa shape index (κ3) is 6.37. The molecule has 39 heavy (non-hydrogen) atoms. The van der Waals surface area contributed by atoms with Gasteiger partial charge in [-0.05, 0) is 60.9 Å². The van der Waals surface area contributed by atoms with Crippen molar-refractivity contribution in [3.8, 4) is 5.75 Å². The van der Waals surface area contributed by atoms with Gasteiger partial charge in [0.2, 0.25) is 0 Å². The van der Waals surface area contributed by atoms with Crippen molar-refractivity contribution in [1.29, 1.82) is 0 Å². The number of ether oxygens (including phenoxy) is 2. The summed E-state index contributed by atoms with van der Waals surface area (Å²) in [6.45, 7) is 4.87. The minimum atomic E-state index is -0.777. The lowest BCUT2D eigenvalue weighted by atomic mass is 9.95. The zero-order valence-electron chi connectivity index (χ0n) is 22.3. The lowest BCUT2D eigenvalue weighted by molar-refractivity contribution is -0.140. The summed E-state index contributed by atoms with van der Waals surface area (Å²) in [7, 11) is 0. The van der Waals surface area contributed by atoms with Crippen molar-refractivity contribution in [2.24, 2.45) is 0 Å². The number of likely N-dealkylation sites (tertiary alicyclic amines) is 1. The summed E-state index contributed by atoms with van der Waals surface area (Å²) < 4.78 is 10.8. The average molecular weight is 528 g/mol. The number of unbranched alkanes of at least 4 members (excludes halogenated alkanes) is 2. The Labute approximate surface area is 228 Å². The molecular formula is C32H33NO6. The molecule has 3 aromatic rings. The minimum Gasteiger partial charge on any atom is -0.507 e. The molecule has 3 aromatic carbocycles. The van der Waals surface area contributed by atoms with Crippen LogP contribution in [-0.2, 0) is 20.9 Å². The van der Waals surface area contributed by atoms with E-state index in [1.807, 2.05) is 30.3 Å². The van der Waals surface area contributed by atoms with E-state index >= 15 is 0 Å². The predicted octanol–water partition coefficient (Wildman–Crippen LogP) is 6.05. The van der Waals surface area contributed by atoms with Gasteiger partial charge in [-0.2, -0.15) is 0 Å². The van der Waals surface area contributed by atoms with Crippen LogP contribution in [0.25, 0.3) is 5.76 Å². The van der Waals surface area contributed by atoms with Crippen LogP contribution in [0.1, 0.15) is 66.2 Å². The number of amides is 1. The largest absolute Gasteiger partial charge is 0.507 e. The Balaban J connectivity index is 1.64. The predicted molar refractivity (Wildman–Crippen MR) is 148 cm³/mol. The third-order valence-electron chi connectivity index (χ3n) is 6.62. The number of hydrogen-bond acceptors (Lipinski definition) is 6. The fourth-order valence-corrected chi connectivity index (χ4v) is 4.59. The van der Waals surface area contributed by atoms with Crippen molar-refractivity contribution in [3.05, 3.63) is 107 Å². The van der Waals surface area contributed by atoms with Crippen LogP contribution in [-0.4, -0.2) is 40.9 Å². The molecule has 0 radical (unpaired) electrons. The zero-order chi connectivity index (χ0) is 27.8. The molecule has 0 aromatic heterocycles. The molecule has 1 saturated heterocycles. The first-order chi connectivity index (χ1) is 18.9. The number of carbonyl (C=O) groups is 3. The van der Waals surface area contributed by atoms with E-state index in [2.05, 4.69) is 6.92 Å². The lowest BCUT2D eigenvalue weighted by Crippen LogP contribution is -2.29. The molecule has 4 rings (SSSR count). The number of hydrogen-bond donors (Lipinski definition) is 1. The van der Waals surface area contributed by atoms with Gasteiger partial charge in [-0.1, -0.05) is 62.2 Å². The van der Waals surface area contributed by atoms with Crippen molar-refractivity contribution in [2.45, 2.75) is 45.7 Å². The molecule has 1 amide bonds. The molecule has 1 heterocycles. The Bertz CT molecular complexity index is 1330. The van der Waals surface area contributed by atoms with Crippen molar-refractivity contribution in [1.82, 2.24) is 4.90 Å². The van der Waals surface area contributed by atoms with E-state index in [0.29, 0.717) is 29.0 Å². The van der Waals surface area contributed by atoms with Gasteiger partial charge < -0.3 is 19.5 Å². The smallest absolute Gasteiger partial charge is 0.338 e. The summed E-state index contributed by atoms with van der Waals surface area (Å²) in [5, 5.41) is 11.3. The molecule has 1 aliphatic heterocycles. The van der Waals surface area contributed by atoms with Gasteiger partial charge in [-0.15, -0.1) is 0 Å². The van der Waals surface area contributed by atoms with Crippen LogP contribution in [0.2, 0.25) is 0 Å². The van der Waals surface area contributed by atoms with E-state index in [1.165, 1.54) is 4.90 Å². The summed E-state index contributed by atoms with van der Waals surface area (Å²) in [6.07, 6.45) is 3.16. The molecule has 7 heteroatoms. The molecule has 0 spiro atoms. The molecule has 1 fully saturated rings.